The van der Waals surface area contributed by atoms with Crippen LogP contribution in [0.25, 0.3) is 0 Å². The van der Waals surface area contributed by atoms with Gasteiger partial charge in [0.25, 0.3) is 0 Å². The van der Waals surface area contributed by atoms with Crippen LogP contribution >= 0.6 is 10.0 Å². The van der Waals surface area contributed by atoms with E-state index >= 15 is 0 Å². The van der Waals surface area contributed by atoms with E-state index in [-0.39, 0.29) is 0 Å². The van der Waals surface area contributed by atoms with Crippen LogP contribution in [-0.4, -0.2) is 6.26 Å². The molecule has 0 bridgehead atoms. The van der Waals surface area contributed by atoms with Crippen molar-refractivity contribution in [3.05, 3.63) is 83.3 Å². The summed E-state index contributed by atoms with van der Waals surface area (Å²) in [7, 11) is -1.11. The number of hydrogen-bond donors (Lipinski definition) is 0. The van der Waals surface area contributed by atoms with Crippen LogP contribution in [-0.2, 0) is 0 Å². The van der Waals surface area contributed by atoms with Crippen LogP contribution < -0.4 is 0 Å². The zero-order valence-electron chi connectivity index (χ0n) is 12.8. The predicted octanol–water partition coefficient (Wildman–Crippen LogP) is 6.08. The van der Waals surface area contributed by atoms with Crippen LogP contribution in [0, 0.1) is 6.92 Å². The first-order valence-electron chi connectivity index (χ1n) is 7.47. The molecule has 0 heterocycles. The molecule has 3 rings (SSSR count). The van der Waals surface area contributed by atoms with E-state index in [9.17, 15) is 0 Å². The van der Waals surface area contributed by atoms with Gasteiger partial charge < -0.3 is 0 Å². The lowest BCUT2D eigenvalue weighted by Crippen LogP contribution is -2.05. The highest BCUT2D eigenvalue weighted by Crippen LogP contribution is 2.66. The summed E-state index contributed by atoms with van der Waals surface area (Å²) in [5.74, 6) is 0. The molecule has 1 atom stereocenters. The van der Waals surface area contributed by atoms with Crippen molar-refractivity contribution in [2.75, 3.05) is 6.26 Å². The largest absolute Gasteiger partial charge is 0.167 e. The van der Waals surface area contributed by atoms with Crippen molar-refractivity contribution in [2.45, 2.75) is 29.6 Å². The minimum Gasteiger partial charge on any atom is -0.167 e. The first-order chi connectivity index (χ1) is 10.2. The molecular weight excluding hydrogens is 272 g/mol. The van der Waals surface area contributed by atoms with Crippen LogP contribution in [0.5, 0.6) is 0 Å². The van der Waals surface area contributed by atoms with Crippen molar-refractivity contribution in [1.29, 1.82) is 0 Å². The van der Waals surface area contributed by atoms with Gasteiger partial charge in [0.05, 0.1) is 0 Å². The highest BCUT2D eigenvalue weighted by Gasteiger charge is 2.27. The Morgan fingerprint density at radius 2 is 1.52 bits per heavy atom. The van der Waals surface area contributed by atoms with Crippen LogP contribution in [0.4, 0.5) is 0 Å². The monoisotopic (exact) mass is 294 g/mol. The first-order valence-corrected chi connectivity index (χ1v) is 9.51. The van der Waals surface area contributed by atoms with E-state index in [4.69, 9.17) is 0 Å². The summed E-state index contributed by atoms with van der Waals surface area (Å²) in [6, 6.07) is 20.1. The fraction of sp³-hybridized carbons (Fsp3) is 0.200. The van der Waals surface area contributed by atoms with Crippen molar-refractivity contribution < 1.29 is 0 Å². The summed E-state index contributed by atoms with van der Waals surface area (Å²) < 4.78 is 0. The Bertz CT molecular complexity index is 665. The molecule has 1 aliphatic rings. The fourth-order valence-electron chi connectivity index (χ4n) is 2.86. The quantitative estimate of drug-likeness (QED) is 0.643. The summed E-state index contributed by atoms with van der Waals surface area (Å²) in [5, 5.41) is 0. The minimum absolute atomic E-state index is 1.11. The molecule has 0 aliphatic heterocycles. The maximum atomic E-state index is 2.44. The average Bonchev–Trinajstić information content (AvgIpc) is 2.56. The standard InChI is InChI=1S/C20H22S/c1-17-13-15-20(16-14-17)21(2,18-9-5-3-6-10-18)19-11-7-4-8-12-19/h3-7,9-11,13-16H,8,12H2,1-2H3. The molecule has 0 radical (unpaired) electrons. The topological polar surface area (TPSA) is 0 Å². The number of rotatable bonds is 3. The van der Waals surface area contributed by atoms with Gasteiger partial charge in [-0.15, -0.1) is 0 Å². The van der Waals surface area contributed by atoms with Crippen molar-refractivity contribution >= 4 is 10.0 Å². The van der Waals surface area contributed by atoms with Gasteiger partial charge in [0.2, 0.25) is 0 Å². The molecule has 21 heavy (non-hydrogen) atoms. The highest BCUT2D eigenvalue weighted by molar-refractivity contribution is 8.36. The second kappa shape index (κ2) is 5.95. The summed E-state index contributed by atoms with van der Waals surface area (Å²) >= 11 is 0. The Labute approximate surface area is 129 Å². The molecule has 0 aromatic heterocycles. The van der Waals surface area contributed by atoms with Crippen molar-refractivity contribution in [3.8, 4) is 0 Å². The smallest absolute Gasteiger partial charge is 0.00238 e. The number of aryl methyl sites for hydroxylation is 1. The molecule has 1 heteroatoms. The van der Waals surface area contributed by atoms with Crippen LogP contribution in [0.1, 0.15) is 18.4 Å². The van der Waals surface area contributed by atoms with Gasteiger partial charge in [-0.3, -0.25) is 0 Å². The van der Waals surface area contributed by atoms with Crippen LogP contribution in [0.15, 0.2) is 87.5 Å². The molecular formula is C20H22S. The van der Waals surface area contributed by atoms with E-state index in [1.54, 1.807) is 4.91 Å². The molecule has 0 fully saturated rings. The third-order valence-corrected chi connectivity index (χ3v) is 8.03. The van der Waals surface area contributed by atoms with Crippen molar-refractivity contribution in [3.63, 3.8) is 0 Å². The number of allylic oxidation sites excluding steroid dienone is 4. The summed E-state index contributed by atoms with van der Waals surface area (Å²) in [6.45, 7) is 2.15. The Morgan fingerprint density at radius 3 is 2.14 bits per heavy atom. The molecule has 0 N–H and O–H groups in total. The van der Waals surface area contributed by atoms with E-state index in [1.165, 1.54) is 21.8 Å². The van der Waals surface area contributed by atoms with Gasteiger partial charge in [-0.1, -0.05) is 54.1 Å². The molecule has 0 spiro atoms. The average molecular weight is 294 g/mol. The van der Waals surface area contributed by atoms with Crippen molar-refractivity contribution in [1.82, 2.24) is 0 Å². The molecule has 2 aromatic carbocycles. The third kappa shape index (κ3) is 2.71. The molecule has 0 amide bonds. The molecule has 1 aliphatic carbocycles. The summed E-state index contributed by atoms with van der Waals surface area (Å²) in [5.41, 5.74) is 1.33. The maximum absolute atomic E-state index is 2.44. The third-order valence-electron chi connectivity index (χ3n) is 4.21. The van der Waals surface area contributed by atoms with E-state index in [0.717, 1.165) is 6.42 Å². The molecule has 0 saturated carbocycles. The number of hydrogen-bond acceptors (Lipinski definition) is 0. The van der Waals surface area contributed by atoms with Gasteiger partial charge in [0.15, 0.2) is 0 Å². The molecule has 1 unspecified atom stereocenters. The molecule has 0 saturated heterocycles. The van der Waals surface area contributed by atoms with Gasteiger partial charge >= 0.3 is 0 Å². The molecule has 0 nitrogen and oxygen atoms in total. The zero-order chi connectivity index (χ0) is 14.7. The Kier molecular flexibility index (Phi) is 4.03. The lowest BCUT2D eigenvalue weighted by molar-refractivity contribution is 1.01. The first kappa shape index (κ1) is 14.2. The minimum atomic E-state index is -1.11. The normalized spacial score (nSPS) is 18.7. The fourth-order valence-corrected chi connectivity index (χ4v) is 6.00. The Balaban J connectivity index is 2.17. The number of benzene rings is 2. The zero-order valence-corrected chi connectivity index (χ0v) is 13.6. The van der Waals surface area contributed by atoms with Crippen LogP contribution in [0.2, 0.25) is 0 Å². The van der Waals surface area contributed by atoms with Crippen molar-refractivity contribution in [2.24, 2.45) is 0 Å². The lowest BCUT2D eigenvalue weighted by Gasteiger charge is -2.40. The van der Waals surface area contributed by atoms with E-state index in [2.05, 4.69) is 86.0 Å². The second-order valence-corrected chi connectivity index (χ2v) is 8.95. The van der Waals surface area contributed by atoms with E-state index in [0.29, 0.717) is 0 Å². The summed E-state index contributed by atoms with van der Waals surface area (Å²) in [6.07, 6.45) is 11.6. The summed E-state index contributed by atoms with van der Waals surface area (Å²) in [4.78, 5) is 4.50. The van der Waals surface area contributed by atoms with Gasteiger partial charge in [-0.2, -0.15) is 10.0 Å². The van der Waals surface area contributed by atoms with Gasteiger partial charge in [0, 0.05) is 0 Å². The maximum Gasteiger partial charge on any atom is -0.00238 e. The van der Waals surface area contributed by atoms with Crippen LogP contribution in [0.3, 0.4) is 0 Å². The highest BCUT2D eigenvalue weighted by atomic mass is 32.3. The van der Waals surface area contributed by atoms with E-state index in [1.807, 2.05) is 0 Å². The van der Waals surface area contributed by atoms with Gasteiger partial charge in [-0.05, 0) is 65.0 Å². The van der Waals surface area contributed by atoms with Gasteiger partial charge in [-0.25, -0.2) is 0 Å². The predicted molar refractivity (Wildman–Crippen MR) is 94.1 cm³/mol. The van der Waals surface area contributed by atoms with E-state index < -0.39 is 10.0 Å². The van der Waals surface area contributed by atoms with Gasteiger partial charge in [0.1, 0.15) is 0 Å². The second-order valence-electron chi connectivity index (χ2n) is 5.64. The molecule has 2 aromatic rings. The molecule has 108 valence electrons. The Hall–Kier alpha value is -1.73. The lowest BCUT2D eigenvalue weighted by atomic mass is 10.2. The Morgan fingerprint density at radius 1 is 0.857 bits per heavy atom. The SMILES string of the molecule is Cc1ccc(S(C)(C2=CC=CCC2)c2ccccc2)cc1.